The fourth-order valence-corrected chi connectivity index (χ4v) is 2.38. The minimum Gasteiger partial charge on any atom is -0.301 e. The Labute approximate surface area is 101 Å². The highest BCUT2D eigenvalue weighted by Crippen LogP contribution is 2.14. The highest BCUT2D eigenvalue weighted by molar-refractivity contribution is 7.09. The Morgan fingerprint density at radius 1 is 1.56 bits per heavy atom. The molecular weight excluding hydrogens is 220 g/mol. The predicted octanol–water partition coefficient (Wildman–Crippen LogP) is 2.64. The van der Waals surface area contributed by atoms with Crippen molar-refractivity contribution in [3.63, 3.8) is 0 Å². The number of nitrogens with zero attached hydrogens (tertiary/aromatic N) is 2. The molecule has 16 heavy (non-hydrogen) atoms. The molecular formula is C12H20N2OS. The molecule has 0 aliphatic carbocycles. The second-order valence-electron chi connectivity index (χ2n) is 4.09. The smallest absolute Gasteiger partial charge is 0.132 e. The molecule has 0 fully saturated rings. The number of thiazole rings is 1. The molecule has 1 heterocycles. The molecule has 1 aromatic heterocycles. The zero-order chi connectivity index (χ0) is 12.0. The van der Waals surface area contributed by atoms with Crippen molar-refractivity contribution in [2.75, 3.05) is 13.6 Å². The van der Waals surface area contributed by atoms with Crippen molar-refractivity contribution in [1.82, 2.24) is 9.88 Å². The van der Waals surface area contributed by atoms with Crippen LogP contribution < -0.4 is 0 Å². The second kappa shape index (κ2) is 6.76. The summed E-state index contributed by atoms with van der Waals surface area (Å²) in [5.74, 6) is 0.363. The Bertz CT molecular complexity index is 336. The number of carbonyl (C=O) groups excluding carboxylic acids is 1. The Kier molecular flexibility index (Phi) is 5.63. The summed E-state index contributed by atoms with van der Waals surface area (Å²) in [7, 11) is 2.09. The Morgan fingerprint density at radius 3 is 2.88 bits per heavy atom. The molecule has 0 saturated heterocycles. The van der Waals surface area contributed by atoms with Gasteiger partial charge in [0, 0.05) is 24.3 Å². The van der Waals surface area contributed by atoms with Crippen LogP contribution in [0.25, 0.3) is 0 Å². The van der Waals surface area contributed by atoms with E-state index < -0.39 is 0 Å². The van der Waals surface area contributed by atoms with Gasteiger partial charge in [-0.1, -0.05) is 6.92 Å². The third-order valence-electron chi connectivity index (χ3n) is 2.65. The van der Waals surface area contributed by atoms with Crippen LogP contribution in [0.4, 0.5) is 0 Å². The molecule has 1 aromatic rings. The summed E-state index contributed by atoms with van der Waals surface area (Å²) in [4.78, 5) is 18.9. The van der Waals surface area contributed by atoms with Gasteiger partial charge in [-0.05, 0) is 26.9 Å². The average molecular weight is 240 g/mol. The maximum Gasteiger partial charge on any atom is 0.132 e. The molecule has 0 amide bonds. The van der Waals surface area contributed by atoms with E-state index in [0.29, 0.717) is 18.6 Å². The van der Waals surface area contributed by atoms with Gasteiger partial charge in [0.25, 0.3) is 0 Å². The number of carbonyl (C=O) groups is 1. The molecule has 0 spiro atoms. The van der Waals surface area contributed by atoms with Crippen molar-refractivity contribution < 1.29 is 4.79 Å². The molecule has 0 N–H and O–H groups in total. The lowest BCUT2D eigenvalue weighted by molar-refractivity contribution is -0.118. The predicted molar refractivity (Wildman–Crippen MR) is 67.7 cm³/mol. The number of aryl methyl sites for hydroxylation is 1. The van der Waals surface area contributed by atoms with Crippen LogP contribution in [-0.2, 0) is 11.3 Å². The fraction of sp³-hybridized carbons (Fsp3) is 0.667. The zero-order valence-electron chi connectivity index (χ0n) is 10.3. The van der Waals surface area contributed by atoms with E-state index in [9.17, 15) is 4.79 Å². The van der Waals surface area contributed by atoms with Crippen LogP contribution >= 0.6 is 11.3 Å². The van der Waals surface area contributed by atoms with E-state index in [-0.39, 0.29) is 0 Å². The topological polar surface area (TPSA) is 33.2 Å². The molecule has 0 aromatic carbocycles. The number of rotatable bonds is 7. The van der Waals surface area contributed by atoms with Gasteiger partial charge in [0.15, 0.2) is 0 Å². The summed E-state index contributed by atoms with van der Waals surface area (Å²) < 4.78 is 0. The molecule has 0 atom stereocenters. The molecule has 0 radical (unpaired) electrons. The normalized spacial score (nSPS) is 11.0. The highest BCUT2D eigenvalue weighted by Gasteiger charge is 2.06. The first-order valence-corrected chi connectivity index (χ1v) is 6.60. The van der Waals surface area contributed by atoms with Gasteiger partial charge in [0.05, 0.1) is 11.2 Å². The highest BCUT2D eigenvalue weighted by atomic mass is 32.1. The summed E-state index contributed by atoms with van der Waals surface area (Å²) in [6, 6.07) is 0. The summed E-state index contributed by atoms with van der Waals surface area (Å²) in [6.07, 6.45) is 2.33. The van der Waals surface area contributed by atoms with Gasteiger partial charge in [-0.15, -0.1) is 11.3 Å². The third-order valence-corrected chi connectivity index (χ3v) is 3.57. The fourth-order valence-electron chi connectivity index (χ4n) is 1.53. The molecule has 1 rings (SSSR count). The summed E-state index contributed by atoms with van der Waals surface area (Å²) in [5, 5.41) is 0. The van der Waals surface area contributed by atoms with Gasteiger partial charge in [0.2, 0.25) is 0 Å². The van der Waals surface area contributed by atoms with Crippen LogP contribution in [0.2, 0.25) is 0 Å². The van der Waals surface area contributed by atoms with Crippen LogP contribution in [0.1, 0.15) is 36.8 Å². The third kappa shape index (κ3) is 4.41. The number of Topliss-reactive ketones (excluding diaryl/α,β-unsaturated/α-hetero) is 1. The number of ketones is 1. The van der Waals surface area contributed by atoms with E-state index in [2.05, 4.69) is 16.9 Å². The van der Waals surface area contributed by atoms with Gasteiger partial charge in [-0.2, -0.15) is 0 Å². The Morgan fingerprint density at radius 2 is 2.31 bits per heavy atom. The average Bonchev–Trinajstić information content (AvgIpc) is 2.64. The summed E-state index contributed by atoms with van der Waals surface area (Å²) in [5.41, 5.74) is 3.01. The van der Waals surface area contributed by atoms with Gasteiger partial charge < -0.3 is 4.90 Å². The first-order chi connectivity index (χ1) is 7.63. The quantitative estimate of drug-likeness (QED) is 0.734. The van der Waals surface area contributed by atoms with Crippen molar-refractivity contribution in [3.05, 3.63) is 16.1 Å². The van der Waals surface area contributed by atoms with Crippen molar-refractivity contribution in [1.29, 1.82) is 0 Å². The van der Waals surface area contributed by atoms with Gasteiger partial charge in [0.1, 0.15) is 5.78 Å². The molecule has 0 aliphatic rings. The van der Waals surface area contributed by atoms with Crippen LogP contribution in [0.3, 0.4) is 0 Å². The molecule has 0 aliphatic heterocycles. The molecule has 0 unspecified atom stereocenters. The van der Waals surface area contributed by atoms with E-state index in [1.54, 1.807) is 11.3 Å². The monoisotopic (exact) mass is 240 g/mol. The van der Waals surface area contributed by atoms with Gasteiger partial charge >= 0.3 is 0 Å². The molecule has 4 heteroatoms. The van der Waals surface area contributed by atoms with Crippen molar-refractivity contribution in [3.8, 4) is 0 Å². The Balaban J connectivity index is 2.24. The maximum atomic E-state index is 11.1. The lowest BCUT2D eigenvalue weighted by atomic mass is 10.2. The van der Waals surface area contributed by atoms with Crippen LogP contribution in [0.5, 0.6) is 0 Å². The van der Waals surface area contributed by atoms with Crippen LogP contribution in [-0.4, -0.2) is 29.3 Å². The summed E-state index contributed by atoms with van der Waals surface area (Å²) in [6.45, 7) is 5.88. The Hall–Kier alpha value is -0.740. The lowest BCUT2D eigenvalue weighted by Gasteiger charge is -2.15. The second-order valence-corrected chi connectivity index (χ2v) is 5.03. The van der Waals surface area contributed by atoms with Crippen LogP contribution in [0.15, 0.2) is 5.51 Å². The first kappa shape index (κ1) is 13.3. The van der Waals surface area contributed by atoms with Crippen molar-refractivity contribution in [2.24, 2.45) is 0 Å². The van der Waals surface area contributed by atoms with E-state index in [4.69, 9.17) is 0 Å². The maximum absolute atomic E-state index is 11.1. The largest absolute Gasteiger partial charge is 0.301 e. The van der Waals surface area contributed by atoms with Crippen LogP contribution in [0, 0.1) is 6.92 Å². The molecule has 3 nitrogen and oxygen atoms in total. The van der Waals surface area contributed by atoms with E-state index in [1.807, 2.05) is 19.4 Å². The summed E-state index contributed by atoms with van der Waals surface area (Å²) >= 11 is 1.70. The first-order valence-electron chi connectivity index (χ1n) is 5.72. The minimum absolute atomic E-state index is 0.363. The van der Waals surface area contributed by atoms with E-state index >= 15 is 0 Å². The van der Waals surface area contributed by atoms with Gasteiger partial charge in [-0.3, -0.25) is 4.79 Å². The molecule has 90 valence electrons. The van der Waals surface area contributed by atoms with Gasteiger partial charge in [-0.25, -0.2) is 4.98 Å². The number of hydrogen-bond acceptors (Lipinski definition) is 4. The van der Waals surface area contributed by atoms with E-state index in [1.165, 1.54) is 4.88 Å². The van der Waals surface area contributed by atoms with E-state index in [0.717, 1.165) is 25.2 Å². The molecule has 0 saturated carbocycles. The number of aromatic nitrogens is 1. The standard InChI is InChI=1S/C12H20N2OS/c1-4-11(15)6-5-7-14(3)8-12-10(2)13-9-16-12/h9H,4-8H2,1-3H3. The number of hydrogen-bond donors (Lipinski definition) is 0. The lowest BCUT2D eigenvalue weighted by Crippen LogP contribution is -2.19. The SMILES string of the molecule is CCC(=O)CCCN(C)Cc1scnc1C. The van der Waals surface area contributed by atoms with Crippen molar-refractivity contribution >= 4 is 17.1 Å². The van der Waals surface area contributed by atoms with Crippen molar-refractivity contribution in [2.45, 2.75) is 39.7 Å². The zero-order valence-corrected chi connectivity index (χ0v) is 11.1. The molecule has 0 bridgehead atoms. The minimum atomic E-state index is 0.363.